The Hall–Kier alpha value is -1.23. The molecule has 2 rings (SSSR count). The minimum absolute atomic E-state index is 0.259. The monoisotopic (exact) mass is 299 g/mol. The Balaban J connectivity index is 2.02. The Morgan fingerprint density at radius 3 is 2.94 bits per heavy atom. The van der Waals surface area contributed by atoms with E-state index in [1.807, 2.05) is 18.2 Å². The van der Waals surface area contributed by atoms with Crippen LogP contribution in [-0.2, 0) is 6.54 Å². The third kappa shape index (κ3) is 3.93. The molecule has 0 unspecified atom stereocenters. The summed E-state index contributed by atoms with van der Waals surface area (Å²) in [5, 5.41) is 10.9. The van der Waals surface area contributed by atoms with Crippen LogP contribution in [0.1, 0.15) is 18.4 Å². The number of benzene rings is 1. The number of ether oxygens (including phenoxy) is 1. The molecule has 2 N–H and O–H groups in total. The zero-order valence-electron chi connectivity index (χ0n) is 9.28. The van der Waals surface area contributed by atoms with E-state index >= 15 is 0 Å². The van der Waals surface area contributed by atoms with Crippen molar-refractivity contribution in [1.82, 2.24) is 5.32 Å². The second-order valence-corrected chi connectivity index (χ2v) is 5.08. The lowest BCUT2D eigenvalue weighted by Crippen LogP contribution is -2.20. The number of carboxylic acid groups (broad SMARTS) is 1. The summed E-state index contributed by atoms with van der Waals surface area (Å²) in [6, 6.07) is 5.63. The van der Waals surface area contributed by atoms with Gasteiger partial charge in [0.1, 0.15) is 5.75 Å². The summed E-state index contributed by atoms with van der Waals surface area (Å²) >= 11 is 3.36. The number of carbonyl (C=O) groups is 1. The normalized spacial score (nSPS) is 14.4. The van der Waals surface area contributed by atoms with Crippen LogP contribution in [0.5, 0.6) is 5.75 Å². The van der Waals surface area contributed by atoms with Gasteiger partial charge in [-0.15, -0.1) is 0 Å². The van der Waals surface area contributed by atoms with Gasteiger partial charge in [0.15, 0.2) is 0 Å². The molecule has 92 valence electrons. The molecular formula is C12H14BrNO3. The van der Waals surface area contributed by atoms with Gasteiger partial charge in [-0.2, -0.15) is 0 Å². The van der Waals surface area contributed by atoms with E-state index in [0.29, 0.717) is 5.92 Å². The molecule has 0 aromatic heterocycles. The lowest BCUT2D eigenvalue weighted by atomic mass is 10.2. The Labute approximate surface area is 108 Å². The van der Waals surface area contributed by atoms with Crippen LogP contribution in [0.25, 0.3) is 0 Å². The number of rotatable bonds is 5. The second kappa shape index (κ2) is 5.40. The summed E-state index contributed by atoms with van der Waals surface area (Å²) in [7, 11) is 0. The van der Waals surface area contributed by atoms with E-state index in [4.69, 9.17) is 9.84 Å². The minimum atomic E-state index is -1.03. The lowest BCUT2D eigenvalue weighted by molar-refractivity contribution is 0.193. The van der Waals surface area contributed by atoms with E-state index in [9.17, 15) is 4.79 Å². The van der Waals surface area contributed by atoms with Crippen molar-refractivity contribution in [2.24, 2.45) is 5.92 Å². The SMILES string of the molecule is O=C(O)NCc1cc(Br)ccc1OCC1CC1. The number of halogens is 1. The van der Waals surface area contributed by atoms with Crippen LogP contribution in [0.3, 0.4) is 0 Å². The highest BCUT2D eigenvalue weighted by Gasteiger charge is 2.22. The molecule has 0 radical (unpaired) electrons. The third-order valence-corrected chi connectivity index (χ3v) is 3.12. The molecule has 17 heavy (non-hydrogen) atoms. The van der Waals surface area contributed by atoms with Gasteiger partial charge in [-0.05, 0) is 37.0 Å². The Morgan fingerprint density at radius 2 is 2.29 bits per heavy atom. The van der Waals surface area contributed by atoms with E-state index < -0.39 is 6.09 Å². The van der Waals surface area contributed by atoms with Crippen LogP contribution >= 0.6 is 15.9 Å². The second-order valence-electron chi connectivity index (χ2n) is 4.17. The van der Waals surface area contributed by atoms with E-state index in [0.717, 1.165) is 22.4 Å². The van der Waals surface area contributed by atoms with E-state index in [1.165, 1.54) is 12.8 Å². The maximum atomic E-state index is 10.5. The summed E-state index contributed by atoms with van der Waals surface area (Å²) in [5.74, 6) is 1.44. The maximum Gasteiger partial charge on any atom is 0.404 e. The van der Waals surface area contributed by atoms with Gasteiger partial charge in [0.2, 0.25) is 0 Å². The van der Waals surface area contributed by atoms with Gasteiger partial charge in [-0.25, -0.2) is 4.79 Å². The van der Waals surface area contributed by atoms with Gasteiger partial charge in [0.25, 0.3) is 0 Å². The number of nitrogens with one attached hydrogen (secondary N) is 1. The first-order valence-electron chi connectivity index (χ1n) is 5.53. The molecule has 0 heterocycles. The summed E-state index contributed by atoms with van der Waals surface area (Å²) < 4.78 is 6.61. The maximum absolute atomic E-state index is 10.5. The number of amides is 1. The van der Waals surface area contributed by atoms with Crippen LogP contribution in [0.15, 0.2) is 22.7 Å². The highest BCUT2D eigenvalue weighted by molar-refractivity contribution is 9.10. The molecule has 4 nitrogen and oxygen atoms in total. The topological polar surface area (TPSA) is 58.6 Å². The molecule has 1 fully saturated rings. The molecule has 1 aliphatic carbocycles. The van der Waals surface area contributed by atoms with Crippen molar-refractivity contribution in [2.45, 2.75) is 19.4 Å². The van der Waals surface area contributed by atoms with Crippen molar-refractivity contribution in [3.63, 3.8) is 0 Å². The van der Waals surface area contributed by atoms with Gasteiger partial charge in [0.05, 0.1) is 6.61 Å². The predicted octanol–water partition coefficient (Wildman–Crippen LogP) is 3.01. The van der Waals surface area contributed by atoms with E-state index in [-0.39, 0.29) is 6.54 Å². The first-order valence-corrected chi connectivity index (χ1v) is 6.32. The average molecular weight is 300 g/mol. The lowest BCUT2D eigenvalue weighted by Gasteiger charge is -2.11. The van der Waals surface area contributed by atoms with Gasteiger partial charge in [-0.1, -0.05) is 15.9 Å². The fraction of sp³-hybridized carbons (Fsp3) is 0.417. The van der Waals surface area contributed by atoms with Crippen LogP contribution in [0.2, 0.25) is 0 Å². The molecule has 0 atom stereocenters. The number of hydrogen-bond donors (Lipinski definition) is 2. The summed E-state index contributed by atoms with van der Waals surface area (Å²) in [6.07, 6.45) is 1.44. The van der Waals surface area contributed by atoms with Crippen LogP contribution in [0.4, 0.5) is 4.79 Å². The van der Waals surface area contributed by atoms with Crippen LogP contribution in [0, 0.1) is 5.92 Å². The smallest absolute Gasteiger partial charge is 0.404 e. The Morgan fingerprint density at radius 1 is 1.53 bits per heavy atom. The fourth-order valence-electron chi connectivity index (χ4n) is 1.49. The quantitative estimate of drug-likeness (QED) is 0.879. The van der Waals surface area contributed by atoms with Crippen molar-refractivity contribution in [1.29, 1.82) is 0 Å². The Bertz CT molecular complexity index is 418. The first-order chi connectivity index (χ1) is 8.15. The highest BCUT2D eigenvalue weighted by Crippen LogP contribution is 2.31. The molecule has 1 amide bonds. The average Bonchev–Trinajstić information content (AvgIpc) is 3.09. The third-order valence-electron chi connectivity index (χ3n) is 2.62. The van der Waals surface area contributed by atoms with Crippen molar-refractivity contribution in [3.8, 4) is 5.75 Å². The Kier molecular flexibility index (Phi) is 3.89. The van der Waals surface area contributed by atoms with Crippen molar-refractivity contribution >= 4 is 22.0 Å². The van der Waals surface area contributed by atoms with Crippen LogP contribution in [-0.4, -0.2) is 17.8 Å². The summed E-state index contributed by atoms with van der Waals surface area (Å²) in [4.78, 5) is 10.5. The van der Waals surface area contributed by atoms with Crippen LogP contribution < -0.4 is 10.1 Å². The molecule has 1 aromatic rings. The van der Waals surface area contributed by atoms with Gasteiger partial charge < -0.3 is 15.2 Å². The summed E-state index contributed by atoms with van der Waals surface area (Å²) in [6.45, 7) is 0.983. The fourth-order valence-corrected chi connectivity index (χ4v) is 1.90. The molecule has 1 saturated carbocycles. The molecule has 0 spiro atoms. The van der Waals surface area contributed by atoms with E-state index in [1.54, 1.807) is 0 Å². The molecule has 1 aromatic carbocycles. The molecule has 0 bridgehead atoms. The van der Waals surface area contributed by atoms with Crippen molar-refractivity contribution in [3.05, 3.63) is 28.2 Å². The largest absolute Gasteiger partial charge is 0.493 e. The minimum Gasteiger partial charge on any atom is -0.493 e. The summed E-state index contributed by atoms with van der Waals surface area (Å²) in [5.41, 5.74) is 0.849. The molecule has 0 aliphatic heterocycles. The molecule has 0 saturated heterocycles. The van der Waals surface area contributed by atoms with Gasteiger partial charge in [-0.3, -0.25) is 0 Å². The molecule has 5 heteroatoms. The highest BCUT2D eigenvalue weighted by atomic mass is 79.9. The molecular weight excluding hydrogens is 286 g/mol. The predicted molar refractivity (Wildman–Crippen MR) is 67.2 cm³/mol. The first kappa shape index (κ1) is 12.2. The van der Waals surface area contributed by atoms with Gasteiger partial charge >= 0.3 is 6.09 Å². The zero-order valence-corrected chi connectivity index (χ0v) is 10.9. The van der Waals surface area contributed by atoms with E-state index in [2.05, 4.69) is 21.2 Å². The standard InChI is InChI=1S/C12H14BrNO3/c13-10-3-4-11(17-7-8-1-2-8)9(5-10)6-14-12(15)16/h3-5,8,14H,1-2,6-7H2,(H,15,16). The van der Waals surface area contributed by atoms with Gasteiger partial charge in [0, 0.05) is 16.6 Å². The molecule has 1 aliphatic rings. The van der Waals surface area contributed by atoms with Crippen molar-refractivity contribution < 1.29 is 14.6 Å². The zero-order chi connectivity index (χ0) is 12.3. The number of hydrogen-bond acceptors (Lipinski definition) is 2. The van der Waals surface area contributed by atoms with Crippen molar-refractivity contribution in [2.75, 3.05) is 6.61 Å².